The number of hydrogen-bond donors (Lipinski definition) is 1. The van der Waals surface area contributed by atoms with E-state index in [0.29, 0.717) is 40.8 Å². The Balaban J connectivity index is 1.18. The molecule has 0 saturated carbocycles. The third-order valence-electron chi connectivity index (χ3n) is 9.20. The van der Waals surface area contributed by atoms with Crippen LogP contribution in [0, 0.1) is 35.0 Å². The van der Waals surface area contributed by atoms with Gasteiger partial charge in [-0.15, -0.1) is 0 Å². The topological polar surface area (TPSA) is 83.2 Å². The van der Waals surface area contributed by atoms with E-state index in [-0.39, 0.29) is 12.5 Å². The number of alkyl halides is 3. The van der Waals surface area contributed by atoms with Gasteiger partial charge in [-0.3, -0.25) is 9.78 Å². The van der Waals surface area contributed by atoms with Gasteiger partial charge in [0.2, 0.25) is 5.91 Å². The maximum absolute atomic E-state index is 13.5. The Morgan fingerprint density at radius 3 is 2.50 bits per heavy atom. The number of benzene rings is 1. The van der Waals surface area contributed by atoms with E-state index in [1.807, 2.05) is 23.1 Å². The number of amides is 1. The smallest absolute Gasteiger partial charge is 0.381 e. The number of aryl methyl sites for hydroxylation is 1. The van der Waals surface area contributed by atoms with Crippen LogP contribution in [0.1, 0.15) is 69.3 Å². The first-order valence-electron chi connectivity index (χ1n) is 16.2. The summed E-state index contributed by atoms with van der Waals surface area (Å²) in [6.45, 7) is 5.80. The second-order valence-electron chi connectivity index (χ2n) is 13.1. The normalized spacial score (nSPS) is 16.6. The summed E-state index contributed by atoms with van der Waals surface area (Å²) in [6, 6.07) is 13.2. The predicted octanol–water partition coefficient (Wildman–Crippen LogP) is 6.85. The number of hydrogen-bond acceptors (Lipinski definition) is 5. The molecule has 0 unspecified atom stereocenters. The Bertz CT molecular complexity index is 1600. The van der Waals surface area contributed by atoms with Crippen molar-refractivity contribution in [2.24, 2.45) is 11.8 Å². The van der Waals surface area contributed by atoms with Crippen molar-refractivity contribution in [1.29, 1.82) is 5.26 Å². The maximum Gasteiger partial charge on any atom is 0.406 e. The number of halogens is 3. The lowest BCUT2D eigenvalue weighted by molar-refractivity contribution is -0.140. The summed E-state index contributed by atoms with van der Waals surface area (Å²) in [6.07, 6.45) is 3.58. The lowest BCUT2D eigenvalue weighted by Gasteiger charge is -2.33. The summed E-state index contributed by atoms with van der Waals surface area (Å²) < 4.78 is 47.3. The van der Waals surface area contributed by atoms with Gasteiger partial charge < -0.3 is 19.5 Å². The minimum absolute atomic E-state index is 0.224. The molecule has 0 spiro atoms. The quantitative estimate of drug-likeness (QED) is 0.261. The molecular formula is C36H42F3N5O2. The standard InChI is InChI=1S/C36H42F3N5O2/c1-35(2,24-40)33-10-8-30(23-42-33)41-15-3-4-31-22-29-20-27(7-9-32(29)44(31)25-36(37,38)39)6-5-26-11-16-43(17-12-26)34(45)21-28-13-18-46-19-14-28/h7-10,20,22-23,26,28,41H,5-6,11-19,21,25H2,1-2H3. The number of nitrogens with zero attached hydrogens (tertiary/aromatic N) is 4. The van der Waals surface area contributed by atoms with Gasteiger partial charge in [0.1, 0.15) is 6.54 Å². The molecule has 1 amide bonds. The van der Waals surface area contributed by atoms with Gasteiger partial charge in [0.05, 0.1) is 41.3 Å². The summed E-state index contributed by atoms with van der Waals surface area (Å²) in [4.78, 5) is 19.1. The van der Waals surface area contributed by atoms with E-state index in [4.69, 9.17) is 4.74 Å². The number of nitrogens with one attached hydrogen (secondary N) is 1. The molecule has 0 aliphatic carbocycles. The van der Waals surface area contributed by atoms with E-state index in [2.05, 4.69) is 28.2 Å². The molecule has 7 nitrogen and oxygen atoms in total. The fourth-order valence-corrected chi connectivity index (χ4v) is 6.30. The Morgan fingerprint density at radius 2 is 1.83 bits per heavy atom. The molecule has 0 radical (unpaired) electrons. The number of pyridine rings is 1. The lowest BCUT2D eigenvalue weighted by Crippen LogP contribution is -2.39. The number of piperidine rings is 1. The van der Waals surface area contributed by atoms with Crippen LogP contribution < -0.4 is 5.32 Å². The van der Waals surface area contributed by atoms with Crippen molar-refractivity contribution in [1.82, 2.24) is 14.5 Å². The molecule has 4 heterocycles. The summed E-state index contributed by atoms with van der Waals surface area (Å²) in [5.41, 5.74) is 2.57. The fraction of sp³-hybridized carbons (Fsp3) is 0.528. The molecule has 0 atom stereocenters. The average Bonchev–Trinajstić information content (AvgIpc) is 3.37. The molecular weight excluding hydrogens is 591 g/mol. The van der Waals surface area contributed by atoms with E-state index >= 15 is 0 Å². The highest BCUT2D eigenvalue weighted by Crippen LogP contribution is 2.29. The Hall–Kier alpha value is -4.02. The molecule has 1 N–H and O–H groups in total. The maximum atomic E-state index is 13.5. The van der Waals surface area contributed by atoms with Gasteiger partial charge in [-0.1, -0.05) is 12.0 Å². The van der Waals surface area contributed by atoms with Crippen molar-refractivity contribution < 1.29 is 22.7 Å². The highest BCUT2D eigenvalue weighted by Gasteiger charge is 2.30. The number of nitriles is 1. The van der Waals surface area contributed by atoms with Crippen LogP contribution in [0.3, 0.4) is 0 Å². The van der Waals surface area contributed by atoms with Crippen LogP contribution >= 0.6 is 0 Å². The van der Waals surface area contributed by atoms with Crippen molar-refractivity contribution in [3.63, 3.8) is 0 Å². The molecule has 2 aliphatic rings. The van der Waals surface area contributed by atoms with Crippen molar-refractivity contribution in [3.8, 4) is 17.9 Å². The molecule has 1 aromatic carbocycles. The van der Waals surface area contributed by atoms with Crippen LogP contribution in [-0.4, -0.2) is 59.4 Å². The van der Waals surface area contributed by atoms with Gasteiger partial charge in [-0.05, 0) is 106 Å². The fourth-order valence-electron chi connectivity index (χ4n) is 6.30. The zero-order valence-corrected chi connectivity index (χ0v) is 26.6. The summed E-state index contributed by atoms with van der Waals surface area (Å²) in [7, 11) is 0. The monoisotopic (exact) mass is 633 g/mol. The summed E-state index contributed by atoms with van der Waals surface area (Å²) in [5, 5.41) is 13.2. The van der Waals surface area contributed by atoms with Crippen molar-refractivity contribution in [2.45, 2.75) is 76.9 Å². The predicted molar refractivity (Wildman–Crippen MR) is 172 cm³/mol. The van der Waals surface area contributed by atoms with E-state index in [9.17, 15) is 23.2 Å². The second-order valence-corrected chi connectivity index (χ2v) is 13.1. The number of rotatable bonds is 9. The van der Waals surface area contributed by atoms with Gasteiger partial charge in [-0.25, -0.2) is 0 Å². The number of carbonyl (C=O) groups excluding carboxylic acids is 1. The van der Waals surface area contributed by atoms with Gasteiger partial charge in [0.15, 0.2) is 0 Å². The Kier molecular flexibility index (Phi) is 10.6. The Labute approximate surface area is 269 Å². The first-order valence-corrected chi connectivity index (χ1v) is 16.2. The molecule has 46 heavy (non-hydrogen) atoms. The number of ether oxygens (including phenoxy) is 1. The third kappa shape index (κ3) is 8.82. The lowest BCUT2D eigenvalue weighted by atomic mass is 9.89. The van der Waals surface area contributed by atoms with Crippen LogP contribution in [0.4, 0.5) is 18.9 Å². The zero-order chi connectivity index (χ0) is 32.7. The molecule has 244 valence electrons. The highest BCUT2D eigenvalue weighted by atomic mass is 19.4. The number of anilines is 1. The summed E-state index contributed by atoms with van der Waals surface area (Å²) in [5.74, 6) is 7.10. The number of carbonyl (C=O) groups is 1. The van der Waals surface area contributed by atoms with Crippen LogP contribution in [0.15, 0.2) is 42.6 Å². The van der Waals surface area contributed by atoms with Crippen LogP contribution in [-0.2, 0) is 27.9 Å². The van der Waals surface area contributed by atoms with Crippen molar-refractivity contribution in [3.05, 3.63) is 59.5 Å². The van der Waals surface area contributed by atoms with E-state index in [1.165, 1.54) is 4.57 Å². The highest BCUT2D eigenvalue weighted by molar-refractivity contribution is 5.83. The van der Waals surface area contributed by atoms with Crippen molar-refractivity contribution in [2.75, 3.05) is 38.2 Å². The van der Waals surface area contributed by atoms with Gasteiger partial charge in [-0.2, -0.15) is 18.4 Å². The molecule has 5 rings (SSSR count). The first-order chi connectivity index (χ1) is 22.0. The van der Waals surface area contributed by atoms with E-state index in [0.717, 1.165) is 75.8 Å². The second kappa shape index (κ2) is 14.6. The minimum Gasteiger partial charge on any atom is -0.381 e. The van der Waals surface area contributed by atoms with E-state index < -0.39 is 18.1 Å². The van der Waals surface area contributed by atoms with Crippen LogP contribution in [0.25, 0.3) is 10.9 Å². The molecule has 2 fully saturated rings. The van der Waals surface area contributed by atoms with E-state index in [1.54, 1.807) is 38.2 Å². The summed E-state index contributed by atoms with van der Waals surface area (Å²) >= 11 is 0. The third-order valence-corrected chi connectivity index (χ3v) is 9.20. The van der Waals surface area contributed by atoms with Gasteiger partial charge >= 0.3 is 6.18 Å². The number of likely N-dealkylation sites (tertiary alicyclic amines) is 1. The molecule has 10 heteroatoms. The molecule has 3 aromatic rings. The van der Waals surface area contributed by atoms with Gasteiger partial charge in [0.25, 0.3) is 0 Å². The zero-order valence-electron chi connectivity index (χ0n) is 26.6. The molecule has 0 bridgehead atoms. The van der Waals surface area contributed by atoms with Crippen molar-refractivity contribution >= 4 is 22.5 Å². The molecule has 2 saturated heterocycles. The van der Waals surface area contributed by atoms with Gasteiger partial charge in [0, 0.05) is 43.6 Å². The van der Waals surface area contributed by atoms with Crippen LogP contribution in [0.5, 0.6) is 0 Å². The molecule has 2 aromatic heterocycles. The minimum atomic E-state index is -4.38. The number of aromatic nitrogens is 2. The Morgan fingerprint density at radius 1 is 1.07 bits per heavy atom. The first kappa shape index (κ1) is 33.3. The molecule has 2 aliphatic heterocycles. The number of fused-ring (bicyclic) bond motifs is 1. The van der Waals surface area contributed by atoms with Crippen LogP contribution in [0.2, 0.25) is 0 Å². The largest absolute Gasteiger partial charge is 0.406 e. The average molecular weight is 634 g/mol. The SMILES string of the molecule is CC(C)(C#N)c1ccc(NCC#Cc2cc3cc(CCC4CCN(C(=O)CC5CCOCC5)CC4)ccc3n2CC(F)(F)F)cn1.